The molecule has 0 saturated carbocycles. The highest BCUT2D eigenvalue weighted by Gasteiger charge is 2.25. The lowest BCUT2D eigenvalue weighted by Gasteiger charge is -2.05. The molecular formula is C7H10N2O3S. The van der Waals surface area contributed by atoms with Gasteiger partial charge in [-0.05, 0) is 6.92 Å². The van der Waals surface area contributed by atoms with Gasteiger partial charge in [0.25, 0.3) is 5.78 Å². The highest BCUT2D eigenvalue weighted by Crippen LogP contribution is 2.17. The van der Waals surface area contributed by atoms with E-state index in [4.69, 9.17) is 5.73 Å². The van der Waals surface area contributed by atoms with Crippen LogP contribution in [0.2, 0.25) is 0 Å². The minimum atomic E-state index is -0.851. The maximum Gasteiger partial charge on any atom is 0.381 e. The molecule has 5 nitrogen and oxygen atoms in total. The normalized spacial score (nSPS) is 20.5. The average Bonchev–Trinajstić information content (AvgIpc) is 2.51. The number of esters is 1. The molecule has 1 rings (SSSR count). The van der Waals surface area contributed by atoms with E-state index < -0.39 is 11.8 Å². The zero-order chi connectivity index (χ0) is 9.84. The van der Waals surface area contributed by atoms with Crippen LogP contribution in [0.15, 0.2) is 11.1 Å². The third-order valence-corrected chi connectivity index (χ3v) is 2.12. The van der Waals surface area contributed by atoms with Crippen molar-refractivity contribution in [2.75, 3.05) is 6.61 Å². The van der Waals surface area contributed by atoms with Gasteiger partial charge in [0, 0.05) is 5.41 Å². The third kappa shape index (κ3) is 2.46. The van der Waals surface area contributed by atoms with Crippen molar-refractivity contribution in [1.29, 1.82) is 0 Å². The summed E-state index contributed by atoms with van der Waals surface area (Å²) < 4.78 is 4.53. The Morgan fingerprint density at radius 3 is 2.92 bits per heavy atom. The van der Waals surface area contributed by atoms with Gasteiger partial charge in [-0.1, -0.05) is 11.8 Å². The predicted octanol–water partition coefficient (Wildman–Crippen LogP) is -0.461. The van der Waals surface area contributed by atoms with Gasteiger partial charge in [0.1, 0.15) is 5.50 Å². The molecular weight excluding hydrogens is 192 g/mol. The zero-order valence-corrected chi connectivity index (χ0v) is 7.89. The van der Waals surface area contributed by atoms with E-state index in [9.17, 15) is 9.59 Å². The molecule has 1 heterocycles. The summed E-state index contributed by atoms with van der Waals surface area (Å²) in [6.45, 7) is 1.83. The Labute approximate surface area is 79.7 Å². The quantitative estimate of drug-likeness (QED) is 0.476. The van der Waals surface area contributed by atoms with Crippen LogP contribution < -0.4 is 11.1 Å². The Balaban J connectivity index is 2.53. The average molecular weight is 202 g/mol. The van der Waals surface area contributed by atoms with Crippen LogP contribution in [0.5, 0.6) is 0 Å². The van der Waals surface area contributed by atoms with Crippen LogP contribution in [0, 0.1) is 0 Å². The van der Waals surface area contributed by atoms with Gasteiger partial charge in [0.2, 0.25) is 0 Å². The summed E-state index contributed by atoms with van der Waals surface area (Å²) in [4.78, 5) is 22.1. The second kappa shape index (κ2) is 4.29. The monoisotopic (exact) mass is 202 g/mol. The summed E-state index contributed by atoms with van der Waals surface area (Å²) in [6, 6.07) is 0. The van der Waals surface area contributed by atoms with Crippen LogP contribution in [-0.2, 0) is 14.3 Å². The van der Waals surface area contributed by atoms with Crippen molar-refractivity contribution < 1.29 is 14.3 Å². The summed E-state index contributed by atoms with van der Waals surface area (Å²) in [5, 5.41) is 4.16. The molecule has 3 N–H and O–H groups in total. The summed E-state index contributed by atoms with van der Waals surface area (Å²) >= 11 is 1.25. The first-order chi connectivity index (χ1) is 6.15. The second-order valence-electron chi connectivity index (χ2n) is 2.28. The number of nitrogens with one attached hydrogen (secondary N) is 1. The molecule has 0 aromatic rings. The third-order valence-electron chi connectivity index (χ3n) is 1.34. The molecule has 0 spiro atoms. The van der Waals surface area contributed by atoms with Crippen molar-refractivity contribution in [2.45, 2.75) is 12.4 Å². The number of nitrogens with two attached hydrogens (primary N) is 1. The Hall–Kier alpha value is -1.01. The highest BCUT2D eigenvalue weighted by atomic mass is 32.2. The van der Waals surface area contributed by atoms with Crippen molar-refractivity contribution in [3.63, 3.8) is 0 Å². The molecule has 0 bridgehead atoms. The van der Waals surface area contributed by atoms with Crippen LogP contribution in [0.3, 0.4) is 0 Å². The molecule has 0 amide bonds. The maximum atomic E-state index is 11.2. The molecule has 6 heteroatoms. The molecule has 0 saturated heterocycles. The van der Waals surface area contributed by atoms with Crippen molar-refractivity contribution in [3.8, 4) is 0 Å². The van der Waals surface area contributed by atoms with Crippen LogP contribution in [-0.4, -0.2) is 23.9 Å². The van der Waals surface area contributed by atoms with Crippen LogP contribution in [0.4, 0.5) is 0 Å². The molecule has 0 radical (unpaired) electrons. The van der Waals surface area contributed by atoms with E-state index in [0.29, 0.717) is 0 Å². The number of Topliss-reactive ketones (excluding diaryl/α,β-unsaturated/α-hetero) is 1. The number of carbonyl (C=O) groups is 2. The van der Waals surface area contributed by atoms with Gasteiger partial charge in [-0.3, -0.25) is 4.79 Å². The highest BCUT2D eigenvalue weighted by molar-refractivity contribution is 8.02. The first kappa shape index (κ1) is 10.1. The van der Waals surface area contributed by atoms with Gasteiger partial charge in [0.05, 0.1) is 12.3 Å². The number of rotatable bonds is 3. The molecule has 1 aliphatic heterocycles. The summed E-state index contributed by atoms with van der Waals surface area (Å²) in [7, 11) is 0. The number of ether oxygens (including phenoxy) is 1. The van der Waals surface area contributed by atoms with Crippen molar-refractivity contribution in [3.05, 3.63) is 11.1 Å². The summed E-state index contributed by atoms with van der Waals surface area (Å²) in [6.07, 6.45) is 0. The molecule has 0 aliphatic carbocycles. The molecule has 0 fully saturated rings. The van der Waals surface area contributed by atoms with Gasteiger partial charge in [-0.15, -0.1) is 0 Å². The van der Waals surface area contributed by atoms with Gasteiger partial charge >= 0.3 is 5.97 Å². The smallest absolute Gasteiger partial charge is 0.381 e. The predicted molar refractivity (Wildman–Crippen MR) is 48.4 cm³/mol. The first-order valence-electron chi connectivity index (χ1n) is 3.74. The second-order valence-corrected chi connectivity index (χ2v) is 3.30. The Kier molecular flexibility index (Phi) is 3.32. The van der Waals surface area contributed by atoms with E-state index >= 15 is 0 Å². The van der Waals surface area contributed by atoms with E-state index in [1.54, 1.807) is 6.92 Å². The van der Waals surface area contributed by atoms with Crippen molar-refractivity contribution >= 4 is 23.5 Å². The van der Waals surface area contributed by atoms with Gasteiger partial charge in [0.15, 0.2) is 0 Å². The van der Waals surface area contributed by atoms with E-state index in [-0.39, 0.29) is 17.8 Å². The molecule has 1 unspecified atom stereocenters. The number of hydrogen-bond donors (Lipinski definition) is 2. The Morgan fingerprint density at radius 1 is 1.77 bits per heavy atom. The minimum absolute atomic E-state index is 0.192. The number of ketones is 1. The van der Waals surface area contributed by atoms with Crippen LogP contribution in [0.1, 0.15) is 6.92 Å². The van der Waals surface area contributed by atoms with E-state index in [1.807, 2.05) is 0 Å². The molecule has 0 aromatic carbocycles. The molecule has 1 aliphatic rings. The zero-order valence-electron chi connectivity index (χ0n) is 7.07. The van der Waals surface area contributed by atoms with E-state index in [1.165, 1.54) is 17.2 Å². The largest absolute Gasteiger partial charge is 0.460 e. The van der Waals surface area contributed by atoms with Crippen LogP contribution in [0.25, 0.3) is 0 Å². The SMILES string of the molecule is CCOC(=O)C(=O)C1=CSC(N)N1. The van der Waals surface area contributed by atoms with Crippen LogP contribution >= 0.6 is 11.8 Å². The van der Waals surface area contributed by atoms with E-state index in [2.05, 4.69) is 10.1 Å². The lowest BCUT2D eigenvalue weighted by atomic mass is 10.3. The number of hydrogen-bond acceptors (Lipinski definition) is 6. The van der Waals surface area contributed by atoms with Gasteiger partial charge in [-0.25, -0.2) is 4.79 Å². The molecule has 1 atom stereocenters. The Morgan fingerprint density at radius 2 is 2.46 bits per heavy atom. The van der Waals surface area contributed by atoms with Gasteiger partial charge < -0.3 is 15.8 Å². The van der Waals surface area contributed by atoms with Gasteiger partial charge in [-0.2, -0.15) is 0 Å². The van der Waals surface area contributed by atoms with Crippen molar-refractivity contribution in [1.82, 2.24) is 5.32 Å². The lowest BCUT2D eigenvalue weighted by molar-refractivity contribution is -0.151. The number of carbonyl (C=O) groups excluding carboxylic acids is 2. The minimum Gasteiger partial charge on any atom is -0.460 e. The topological polar surface area (TPSA) is 81.4 Å². The fraction of sp³-hybridized carbons (Fsp3) is 0.429. The lowest BCUT2D eigenvalue weighted by Crippen LogP contribution is -2.34. The molecule has 72 valence electrons. The molecule has 0 aromatic heterocycles. The fourth-order valence-corrected chi connectivity index (χ4v) is 1.44. The summed E-state index contributed by atoms with van der Waals surface area (Å²) in [5.41, 5.74) is 5.28. The standard InChI is InChI=1S/C7H10N2O3S/c1-2-12-6(11)5(10)4-3-13-7(8)9-4/h3,7,9H,2,8H2,1H3. The number of thioether (sulfide) groups is 1. The fourth-order valence-electron chi connectivity index (χ4n) is 0.788. The summed E-state index contributed by atoms with van der Waals surface area (Å²) in [5.74, 6) is -1.53. The Bertz CT molecular complexity index is 264. The molecule has 13 heavy (non-hydrogen) atoms. The first-order valence-corrected chi connectivity index (χ1v) is 4.68. The van der Waals surface area contributed by atoms with E-state index in [0.717, 1.165) is 0 Å². The maximum absolute atomic E-state index is 11.2. The van der Waals surface area contributed by atoms with Crippen molar-refractivity contribution in [2.24, 2.45) is 5.73 Å².